The number of H-pyrrole nitrogens is 1. The molecule has 12 heavy (non-hydrogen) atoms. The summed E-state index contributed by atoms with van der Waals surface area (Å²) in [7, 11) is 1.65. The van der Waals surface area contributed by atoms with Crippen LogP contribution in [0.3, 0.4) is 0 Å². The highest BCUT2D eigenvalue weighted by atomic mass is 16.5. The SMILES string of the molecule is COC1CN=C(c2ncc[nH]2)N1. The number of methoxy groups -OCH3 is 1. The maximum atomic E-state index is 5.07. The van der Waals surface area contributed by atoms with Gasteiger partial charge in [0, 0.05) is 19.5 Å². The maximum Gasteiger partial charge on any atom is 0.172 e. The van der Waals surface area contributed by atoms with Crippen LogP contribution in [0.5, 0.6) is 0 Å². The molecule has 1 unspecified atom stereocenters. The second-order valence-electron chi connectivity index (χ2n) is 2.50. The molecule has 0 fully saturated rings. The lowest BCUT2D eigenvalue weighted by molar-refractivity contribution is 0.106. The predicted molar refractivity (Wildman–Crippen MR) is 43.9 cm³/mol. The summed E-state index contributed by atoms with van der Waals surface area (Å²) in [4.78, 5) is 11.2. The van der Waals surface area contributed by atoms with Crippen molar-refractivity contribution in [3.05, 3.63) is 18.2 Å². The van der Waals surface area contributed by atoms with Crippen LogP contribution in [0, 0.1) is 0 Å². The molecule has 0 spiro atoms. The van der Waals surface area contributed by atoms with Gasteiger partial charge in [-0.2, -0.15) is 0 Å². The Morgan fingerprint density at radius 1 is 1.67 bits per heavy atom. The first-order valence-corrected chi connectivity index (χ1v) is 3.73. The van der Waals surface area contributed by atoms with E-state index in [2.05, 4.69) is 20.3 Å². The summed E-state index contributed by atoms with van der Waals surface area (Å²) >= 11 is 0. The Labute approximate surface area is 69.9 Å². The van der Waals surface area contributed by atoms with E-state index in [0.717, 1.165) is 11.7 Å². The minimum absolute atomic E-state index is 0.00917. The highest BCUT2D eigenvalue weighted by Crippen LogP contribution is 2.01. The minimum Gasteiger partial charge on any atom is -0.360 e. The van der Waals surface area contributed by atoms with Gasteiger partial charge in [-0.1, -0.05) is 0 Å². The van der Waals surface area contributed by atoms with E-state index in [1.54, 1.807) is 19.5 Å². The van der Waals surface area contributed by atoms with E-state index in [0.29, 0.717) is 6.54 Å². The summed E-state index contributed by atoms with van der Waals surface area (Å²) in [5.74, 6) is 1.53. The van der Waals surface area contributed by atoms with E-state index >= 15 is 0 Å². The Kier molecular flexibility index (Phi) is 1.79. The van der Waals surface area contributed by atoms with Gasteiger partial charge in [-0.25, -0.2) is 4.98 Å². The highest BCUT2D eigenvalue weighted by molar-refractivity contribution is 5.96. The second-order valence-corrected chi connectivity index (χ2v) is 2.50. The number of rotatable bonds is 2. The quantitative estimate of drug-likeness (QED) is 0.635. The van der Waals surface area contributed by atoms with E-state index < -0.39 is 0 Å². The number of amidine groups is 1. The van der Waals surface area contributed by atoms with E-state index in [4.69, 9.17) is 4.74 Å². The standard InChI is InChI=1S/C7H10N4O/c1-12-5-4-10-7(11-5)6-8-2-3-9-6/h2-3,5H,4H2,1H3,(H,8,9)(H,10,11). The van der Waals surface area contributed by atoms with E-state index in [1.165, 1.54) is 0 Å². The number of nitrogens with zero attached hydrogens (tertiary/aromatic N) is 2. The molecule has 0 saturated carbocycles. The zero-order chi connectivity index (χ0) is 8.39. The average Bonchev–Trinajstić information content (AvgIpc) is 2.75. The number of aromatic amines is 1. The fraction of sp³-hybridized carbons (Fsp3) is 0.429. The third-order valence-corrected chi connectivity index (χ3v) is 1.72. The topological polar surface area (TPSA) is 62.3 Å². The van der Waals surface area contributed by atoms with Crippen molar-refractivity contribution >= 4 is 5.84 Å². The van der Waals surface area contributed by atoms with Gasteiger partial charge < -0.3 is 15.0 Å². The van der Waals surface area contributed by atoms with Gasteiger partial charge >= 0.3 is 0 Å². The highest BCUT2D eigenvalue weighted by Gasteiger charge is 2.18. The van der Waals surface area contributed by atoms with Gasteiger partial charge in [0.2, 0.25) is 0 Å². The van der Waals surface area contributed by atoms with Gasteiger partial charge in [0.05, 0.1) is 6.54 Å². The van der Waals surface area contributed by atoms with Crippen molar-refractivity contribution < 1.29 is 4.74 Å². The normalized spacial score (nSPS) is 22.1. The molecule has 2 N–H and O–H groups in total. The summed E-state index contributed by atoms with van der Waals surface area (Å²) < 4.78 is 5.07. The smallest absolute Gasteiger partial charge is 0.172 e. The molecular weight excluding hydrogens is 156 g/mol. The van der Waals surface area contributed by atoms with Gasteiger partial charge in [0.1, 0.15) is 6.23 Å². The molecule has 0 saturated heterocycles. The first-order chi connectivity index (χ1) is 5.90. The molecule has 0 bridgehead atoms. The molecule has 5 nitrogen and oxygen atoms in total. The molecule has 2 heterocycles. The first kappa shape index (κ1) is 7.30. The molecule has 1 atom stereocenters. The number of aromatic nitrogens is 2. The number of hydrogen-bond acceptors (Lipinski definition) is 4. The average molecular weight is 166 g/mol. The van der Waals surface area contributed by atoms with Crippen LogP contribution in [0.15, 0.2) is 17.4 Å². The third kappa shape index (κ3) is 1.18. The monoisotopic (exact) mass is 166 g/mol. The van der Waals surface area contributed by atoms with E-state index in [1.807, 2.05) is 0 Å². The fourth-order valence-electron chi connectivity index (χ4n) is 1.09. The number of imidazole rings is 1. The molecule has 0 aromatic carbocycles. The fourth-order valence-corrected chi connectivity index (χ4v) is 1.09. The molecule has 1 aromatic heterocycles. The summed E-state index contributed by atoms with van der Waals surface area (Å²) in [6.45, 7) is 0.645. The molecular formula is C7H10N4O. The van der Waals surface area contributed by atoms with Gasteiger partial charge in [0.25, 0.3) is 0 Å². The van der Waals surface area contributed by atoms with Crippen molar-refractivity contribution in [3.8, 4) is 0 Å². The Morgan fingerprint density at radius 3 is 3.17 bits per heavy atom. The Hall–Kier alpha value is -1.36. The summed E-state index contributed by atoms with van der Waals surface area (Å²) in [6, 6.07) is 0. The van der Waals surface area contributed by atoms with E-state index in [9.17, 15) is 0 Å². The molecule has 0 amide bonds. The number of hydrogen-bond donors (Lipinski definition) is 2. The maximum absolute atomic E-state index is 5.07. The lowest BCUT2D eigenvalue weighted by Gasteiger charge is -2.07. The Morgan fingerprint density at radius 2 is 2.58 bits per heavy atom. The van der Waals surface area contributed by atoms with Crippen molar-refractivity contribution in [2.45, 2.75) is 6.23 Å². The molecule has 2 rings (SSSR count). The molecule has 1 aromatic rings. The zero-order valence-electron chi connectivity index (χ0n) is 6.74. The van der Waals surface area contributed by atoms with Crippen LogP contribution in [0.2, 0.25) is 0 Å². The Balaban J connectivity index is 2.09. The third-order valence-electron chi connectivity index (χ3n) is 1.72. The second kappa shape index (κ2) is 2.94. The predicted octanol–water partition coefficient (Wildman–Crippen LogP) is -0.268. The molecule has 0 aliphatic carbocycles. The number of ether oxygens (including phenoxy) is 1. The van der Waals surface area contributed by atoms with Gasteiger partial charge in [0.15, 0.2) is 11.7 Å². The summed E-state index contributed by atoms with van der Waals surface area (Å²) in [5.41, 5.74) is 0. The molecule has 64 valence electrons. The van der Waals surface area contributed by atoms with Crippen LogP contribution in [-0.2, 0) is 4.74 Å². The Bertz CT molecular complexity index is 280. The van der Waals surface area contributed by atoms with Gasteiger partial charge in [-0.3, -0.25) is 4.99 Å². The van der Waals surface area contributed by atoms with Crippen molar-refractivity contribution in [1.82, 2.24) is 15.3 Å². The van der Waals surface area contributed by atoms with Crippen LogP contribution >= 0.6 is 0 Å². The van der Waals surface area contributed by atoms with Crippen LogP contribution in [0.1, 0.15) is 5.82 Å². The van der Waals surface area contributed by atoms with Crippen LogP contribution in [0.4, 0.5) is 0 Å². The molecule has 1 aliphatic rings. The van der Waals surface area contributed by atoms with Gasteiger partial charge in [-0.05, 0) is 0 Å². The first-order valence-electron chi connectivity index (χ1n) is 3.73. The summed E-state index contributed by atoms with van der Waals surface area (Å²) in [6.07, 6.45) is 3.45. The van der Waals surface area contributed by atoms with Crippen molar-refractivity contribution in [1.29, 1.82) is 0 Å². The molecule has 1 aliphatic heterocycles. The summed E-state index contributed by atoms with van der Waals surface area (Å²) in [5, 5.41) is 3.08. The molecule has 5 heteroatoms. The van der Waals surface area contributed by atoms with Gasteiger partial charge in [-0.15, -0.1) is 0 Å². The van der Waals surface area contributed by atoms with Crippen LogP contribution in [-0.4, -0.2) is 35.7 Å². The van der Waals surface area contributed by atoms with Crippen molar-refractivity contribution in [2.75, 3.05) is 13.7 Å². The van der Waals surface area contributed by atoms with Crippen molar-refractivity contribution in [2.24, 2.45) is 4.99 Å². The van der Waals surface area contributed by atoms with E-state index in [-0.39, 0.29) is 6.23 Å². The van der Waals surface area contributed by atoms with Crippen LogP contribution < -0.4 is 5.32 Å². The lowest BCUT2D eigenvalue weighted by Crippen LogP contribution is -2.32. The lowest BCUT2D eigenvalue weighted by atomic mass is 10.5. The largest absolute Gasteiger partial charge is 0.360 e. The minimum atomic E-state index is -0.00917. The van der Waals surface area contributed by atoms with Crippen LogP contribution in [0.25, 0.3) is 0 Å². The van der Waals surface area contributed by atoms with Crippen molar-refractivity contribution in [3.63, 3.8) is 0 Å². The number of nitrogens with one attached hydrogen (secondary N) is 2. The number of aliphatic imine (C=N–C) groups is 1. The zero-order valence-corrected chi connectivity index (χ0v) is 6.74. The molecule has 0 radical (unpaired) electrons.